The van der Waals surface area contributed by atoms with Crippen LogP contribution in [0, 0.1) is 19.8 Å². The summed E-state index contributed by atoms with van der Waals surface area (Å²) in [7, 11) is 0. The van der Waals surface area contributed by atoms with Crippen molar-refractivity contribution in [3.05, 3.63) is 13.8 Å². The van der Waals surface area contributed by atoms with Gasteiger partial charge in [-0.1, -0.05) is 46.5 Å². The smallest absolute Gasteiger partial charge is 0.0417 e. The predicted molar refractivity (Wildman–Crippen MR) is 38.3 cm³/mol. The molecule has 48 valence electrons. The minimum atomic E-state index is 0.826. The van der Waals surface area contributed by atoms with Gasteiger partial charge in [0, 0.05) is 0 Å². The highest BCUT2D eigenvalue weighted by atomic mass is 14.0. The maximum atomic E-state index is 3.85. The fourth-order valence-corrected chi connectivity index (χ4v) is 0.841. The molecule has 0 aromatic rings. The Bertz CT molecular complexity index is 35.3. The maximum absolute atomic E-state index is 3.85. The molecule has 0 rings (SSSR count). The predicted octanol–water partition coefficient (Wildman–Crippen LogP) is 2.85. The van der Waals surface area contributed by atoms with Crippen molar-refractivity contribution in [1.29, 1.82) is 0 Å². The molecule has 0 saturated carbocycles. The molecule has 0 aliphatic rings. The Kier molecular flexibility index (Phi) is 5.14. The minimum absolute atomic E-state index is 0.826. The second-order valence-electron chi connectivity index (χ2n) is 2.21. The zero-order valence-corrected chi connectivity index (χ0v) is 5.82. The van der Waals surface area contributed by atoms with Crippen LogP contribution in [0.2, 0.25) is 0 Å². The Hall–Kier alpha value is 0. The third kappa shape index (κ3) is 3.06. The van der Waals surface area contributed by atoms with Gasteiger partial charge in [-0.2, -0.15) is 0 Å². The summed E-state index contributed by atoms with van der Waals surface area (Å²) in [6.45, 7) is 9.86. The molecule has 1 atom stereocenters. The van der Waals surface area contributed by atoms with Crippen LogP contribution in [0.25, 0.3) is 0 Å². The van der Waals surface area contributed by atoms with E-state index in [1.807, 2.05) is 0 Å². The summed E-state index contributed by atoms with van der Waals surface area (Å²) in [4.78, 5) is 0. The highest BCUT2D eigenvalue weighted by Crippen LogP contribution is 2.12. The summed E-state index contributed by atoms with van der Waals surface area (Å²) >= 11 is 0. The monoisotopic (exact) mass is 112 g/mol. The van der Waals surface area contributed by atoms with Crippen molar-refractivity contribution in [3.63, 3.8) is 0 Å². The van der Waals surface area contributed by atoms with E-state index in [1.165, 1.54) is 12.8 Å². The number of hydrogen-bond donors (Lipinski definition) is 0. The zero-order chi connectivity index (χ0) is 6.41. The average Bonchev–Trinajstić information content (AvgIpc) is 1.83. The molecule has 0 aliphatic carbocycles. The Balaban J connectivity index is 3.07. The Morgan fingerprint density at radius 2 is 2.00 bits per heavy atom. The van der Waals surface area contributed by atoms with Crippen molar-refractivity contribution in [2.45, 2.75) is 32.6 Å². The Labute approximate surface area is 53.3 Å². The van der Waals surface area contributed by atoms with Crippen molar-refractivity contribution >= 4 is 0 Å². The van der Waals surface area contributed by atoms with Gasteiger partial charge in [0.15, 0.2) is 0 Å². The molecule has 0 nitrogen and oxygen atoms in total. The molecular formula is C8H16. The van der Waals surface area contributed by atoms with E-state index in [1.54, 1.807) is 0 Å². The first kappa shape index (κ1) is 8.00. The highest BCUT2D eigenvalue weighted by Gasteiger charge is 1.98. The van der Waals surface area contributed by atoms with Gasteiger partial charge < -0.3 is 0 Å². The summed E-state index contributed by atoms with van der Waals surface area (Å²) in [5.41, 5.74) is 0. The highest BCUT2D eigenvalue weighted by molar-refractivity contribution is 4.58. The molecule has 0 N–H and O–H groups in total. The standard InChI is InChI=1S/C8H16/c1-4-7-8(5-2)6-3/h8H,1-2,4-7H2,3H3. The lowest BCUT2D eigenvalue weighted by molar-refractivity contribution is 0.478. The Morgan fingerprint density at radius 1 is 1.38 bits per heavy atom. The lowest BCUT2D eigenvalue weighted by Gasteiger charge is -2.08. The summed E-state index contributed by atoms with van der Waals surface area (Å²) in [6.07, 6.45) is 4.65. The van der Waals surface area contributed by atoms with Crippen LogP contribution in [0.3, 0.4) is 0 Å². The molecule has 8 heavy (non-hydrogen) atoms. The fourth-order valence-electron chi connectivity index (χ4n) is 0.841. The van der Waals surface area contributed by atoms with Gasteiger partial charge in [-0.25, -0.2) is 0 Å². The molecule has 0 aromatic heterocycles. The van der Waals surface area contributed by atoms with Gasteiger partial charge in [0.2, 0.25) is 0 Å². The van der Waals surface area contributed by atoms with Crippen molar-refractivity contribution in [2.24, 2.45) is 5.92 Å². The summed E-state index contributed by atoms with van der Waals surface area (Å²) in [5, 5.41) is 0. The molecule has 1 unspecified atom stereocenters. The summed E-state index contributed by atoms with van der Waals surface area (Å²) in [6, 6.07) is 0. The first-order valence-corrected chi connectivity index (χ1v) is 3.43. The van der Waals surface area contributed by atoms with Crippen molar-refractivity contribution in [2.75, 3.05) is 0 Å². The molecular weight excluding hydrogens is 96.1 g/mol. The van der Waals surface area contributed by atoms with Gasteiger partial charge >= 0.3 is 0 Å². The van der Waals surface area contributed by atoms with Crippen LogP contribution in [0.5, 0.6) is 0 Å². The van der Waals surface area contributed by atoms with E-state index in [-0.39, 0.29) is 0 Å². The van der Waals surface area contributed by atoms with Crippen LogP contribution in [0.15, 0.2) is 0 Å². The normalized spacial score (nSPS) is 10.5. The van der Waals surface area contributed by atoms with Crippen LogP contribution < -0.4 is 0 Å². The van der Waals surface area contributed by atoms with E-state index >= 15 is 0 Å². The van der Waals surface area contributed by atoms with Gasteiger partial charge in [0.1, 0.15) is 0 Å². The molecule has 0 aromatic carbocycles. The lowest BCUT2D eigenvalue weighted by Crippen LogP contribution is -1.94. The minimum Gasteiger partial charge on any atom is -0.0651 e. The first-order chi connectivity index (χ1) is 3.85. The number of hydrogen-bond acceptors (Lipinski definition) is 0. The third-order valence-electron chi connectivity index (χ3n) is 1.60. The van der Waals surface area contributed by atoms with E-state index < -0.39 is 0 Å². The van der Waals surface area contributed by atoms with E-state index in [0.717, 1.165) is 18.8 Å². The van der Waals surface area contributed by atoms with Gasteiger partial charge in [-0.15, -0.1) is 0 Å². The molecule has 0 fully saturated rings. The van der Waals surface area contributed by atoms with Crippen LogP contribution >= 0.6 is 0 Å². The van der Waals surface area contributed by atoms with Gasteiger partial charge in [-0.05, 0) is 5.92 Å². The van der Waals surface area contributed by atoms with E-state index in [0.29, 0.717) is 0 Å². The van der Waals surface area contributed by atoms with E-state index in [9.17, 15) is 0 Å². The quantitative estimate of drug-likeness (QED) is 0.524. The number of rotatable bonds is 4. The average molecular weight is 112 g/mol. The molecule has 0 spiro atoms. The van der Waals surface area contributed by atoms with Crippen molar-refractivity contribution in [3.8, 4) is 0 Å². The van der Waals surface area contributed by atoms with Crippen LogP contribution in [0.4, 0.5) is 0 Å². The Morgan fingerprint density at radius 3 is 2.12 bits per heavy atom. The molecule has 0 heteroatoms. The van der Waals surface area contributed by atoms with Gasteiger partial charge in [0.05, 0.1) is 0 Å². The SMILES string of the molecule is [CH2]CCC(C[CH2])CC. The molecule has 0 aliphatic heterocycles. The van der Waals surface area contributed by atoms with Crippen molar-refractivity contribution in [1.82, 2.24) is 0 Å². The first-order valence-electron chi connectivity index (χ1n) is 3.43. The van der Waals surface area contributed by atoms with Gasteiger partial charge in [0.25, 0.3) is 0 Å². The second-order valence-corrected chi connectivity index (χ2v) is 2.21. The molecule has 2 radical (unpaired) electrons. The second kappa shape index (κ2) is 5.14. The van der Waals surface area contributed by atoms with Gasteiger partial charge in [-0.3, -0.25) is 0 Å². The van der Waals surface area contributed by atoms with E-state index in [2.05, 4.69) is 20.8 Å². The molecule has 0 heterocycles. The molecule has 0 bridgehead atoms. The largest absolute Gasteiger partial charge is 0.0651 e. The van der Waals surface area contributed by atoms with Crippen LogP contribution in [-0.4, -0.2) is 0 Å². The maximum Gasteiger partial charge on any atom is -0.0417 e. The topological polar surface area (TPSA) is 0 Å². The molecule has 0 amide bonds. The van der Waals surface area contributed by atoms with Crippen LogP contribution in [0.1, 0.15) is 32.6 Å². The molecule has 0 saturated heterocycles. The zero-order valence-electron chi connectivity index (χ0n) is 5.82. The van der Waals surface area contributed by atoms with Crippen molar-refractivity contribution < 1.29 is 0 Å². The summed E-state index contributed by atoms with van der Waals surface area (Å²) < 4.78 is 0. The summed E-state index contributed by atoms with van der Waals surface area (Å²) in [5.74, 6) is 0.826. The fraction of sp³-hybridized carbons (Fsp3) is 0.750. The lowest BCUT2D eigenvalue weighted by atomic mass is 9.98. The van der Waals surface area contributed by atoms with E-state index in [4.69, 9.17) is 0 Å². The van der Waals surface area contributed by atoms with Crippen LogP contribution in [-0.2, 0) is 0 Å². The third-order valence-corrected chi connectivity index (χ3v) is 1.60.